The quantitative estimate of drug-likeness (QED) is 0.395. The van der Waals surface area contributed by atoms with Gasteiger partial charge in [0.2, 0.25) is 0 Å². The monoisotopic (exact) mass is 206 g/mol. The average molecular weight is 207 g/mol. The van der Waals surface area contributed by atoms with E-state index in [9.17, 15) is 4.57 Å². The van der Waals surface area contributed by atoms with Gasteiger partial charge in [-0.05, 0) is 43.3 Å². The first-order valence-electron chi connectivity index (χ1n) is 2.57. The Labute approximate surface area is 69.6 Å². The van der Waals surface area contributed by atoms with Crippen molar-refractivity contribution in [2.75, 3.05) is 0 Å². The second kappa shape index (κ2) is 3.42. The van der Waals surface area contributed by atoms with E-state index in [0.717, 1.165) is 0 Å². The first kappa shape index (κ1) is 10.7. The van der Waals surface area contributed by atoms with E-state index < -0.39 is 11.7 Å². The normalized spacial score (nSPS) is 13.7. The van der Waals surface area contributed by atoms with Crippen LogP contribution in [0.3, 0.4) is 0 Å². The van der Waals surface area contributed by atoms with Gasteiger partial charge in [0.05, 0.1) is 5.60 Å². The smallest absolute Gasteiger partial charge is 0.254 e. The fourth-order valence-corrected chi connectivity index (χ4v) is 0.635. The molecule has 10 heavy (non-hydrogen) atoms. The van der Waals surface area contributed by atoms with Crippen molar-refractivity contribution in [1.29, 1.82) is 0 Å². The third kappa shape index (κ3) is 8.73. The molecule has 0 amide bonds. The molecule has 0 aromatic carbocycles. The highest BCUT2D eigenvalue weighted by molar-refractivity contribution is 8.05. The van der Waals surface area contributed by atoms with Crippen molar-refractivity contribution in [1.82, 2.24) is 0 Å². The summed E-state index contributed by atoms with van der Waals surface area (Å²) in [5.74, 6) is 0. The van der Waals surface area contributed by atoms with E-state index >= 15 is 0 Å². The zero-order valence-electron chi connectivity index (χ0n) is 5.93. The second-order valence-electron chi connectivity index (χ2n) is 2.68. The van der Waals surface area contributed by atoms with Gasteiger partial charge in [-0.2, -0.15) is 0 Å². The number of rotatable bonds is 2. The van der Waals surface area contributed by atoms with Crippen LogP contribution in [0.25, 0.3) is 0 Å². The van der Waals surface area contributed by atoms with Gasteiger partial charge in [0.1, 0.15) is 0 Å². The van der Waals surface area contributed by atoms with Crippen molar-refractivity contribution < 1.29 is 14.1 Å². The first-order valence-corrected chi connectivity index (χ1v) is 6.01. The SMILES string of the molecule is CC(C)(C)OOP(=O)(Cl)Cl. The summed E-state index contributed by atoms with van der Waals surface area (Å²) in [6.45, 7) is 5.16. The molecular formula is C4H9Cl2O3P. The van der Waals surface area contributed by atoms with E-state index in [1.165, 1.54) is 0 Å². The zero-order valence-corrected chi connectivity index (χ0v) is 8.33. The fourth-order valence-electron chi connectivity index (χ4n) is 0.155. The molecule has 0 bridgehead atoms. The van der Waals surface area contributed by atoms with Gasteiger partial charge in [-0.3, -0.25) is 4.57 Å². The predicted octanol–water partition coefficient (Wildman–Crippen LogP) is 3.32. The van der Waals surface area contributed by atoms with Gasteiger partial charge < -0.3 is 0 Å². The molecule has 0 atom stereocenters. The van der Waals surface area contributed by atoms with Crippen molar-refractivity contribution >= 4 is 28.6 Å². The van der Waals surface area contributed by atoms with Crippen LogP contribution in [-0.2, 0) is 14.1 Å². The summed E-state index contributed by atoms with van der Waals surface area (Å²) in [4.78, 5) is 4.57. The van der Waals surface area contributed by atoms with Crippen LogP contribution in [0.1, 0.15) is 20.8 Å². The van der Waals surface area contributed by atoms with E-state index in [-0.39, 0.29) is 0 Å². The van der Waals surface area contributed by atoms with Crippen LogP contribution < -0.4 is 0 Å². The van der Waals surface area contributed by atoms with Gasteiger partial charge in [0.15, 0.2) is 0 Å². The molecule has 0 saturated heterocycles. The summed E-state index contributed by atoms with van der Waals surface area (Å²) >= 11 is 10.0. The standard InChI is InChI=1S/C4H9Cl2O3P/c1-4(2,3)8-9-10(5,6)7/h1-3H3. The topological polar surface area (TPSA) is 35.5 Å². The lowest BCUT2D eigenvalue weighted by Gasteiger charge is -2.16. The van der Waals surface area contributed by atoms with E-state index in [2.05, 4.69) is 9.56 Å². The molecule has 0 radical (unpaired) electrons. The van der Waals surface area contributed by atoms with Gasteiger partial charge in [-0.25, -0.2) is 4.89 Å². The Morgan fingerprint density at radius 2 is 1.70 bits per heavy atom. The van der Waals surface area contributed by atoms with E-state index in [4.69, 9.17) is 22.5 Å². The molecule has 62 valence electrons. The van der Waals surface area contributed by atoms with Gasteiger partial charge in [0, 0.05) is 0 Å². The molecule has 0 unspecified atom stereocenters. The van der Waals surface area contributed by atoms with E-state index in [0.29, 0.717) is 0 Å². The zero-order chi connectivity index (χ0) is 8.41. The maximum atomic E-state index is 10.4. The number of hydrogen-bond acceptors (Lipinski definition) is 3. The molecule has 0 aromatic rings. The van der Waals surface area contributed by atoms with Gasteiger partial charge in [-0.15, -0.1) is 4.67 Å². The summed E-state index contributed by atoms with van der Waals surface area (Å²) in [5.41, 5.74) is -0.556. The summed E-state index contributed by atoms with van der Waals surface area (Å²) in [5, 5.41) is 0. The molecular weight excluding hydrogens is 198 g/mol. The van der Waals surface area contributed by atoms with Crippen molar-refractivity contribution in [3.63, 3.8) is 0 Å². The van der Waals surface area contributed by atoms with E-state index in [1.807, 2.05) is 0 Å². The van der Waals surface area contributed by atoms with Crippen molar-refractivity contribution in [3.05, 3.63) is 0 Å². The molecule has 0 aromatic heterocycles. The van der Waals surface area contributed by atoms with Crippen LogP contribution in [0.2, 0.25) is 0 Å². The van der Waals surface area contributed by atoms with E-state index in [1.54, 1.807) is 20.8 Å². The highest BCUT2D eigenvalue weighted by Gasteiger charge is 2.21. The molecule has 0 spiro atoms. The predicted molar refractivity (Wildman–Crippen MR) is 41.2 cm³/mol. The Morgan fingerprint density at radius 3 is 1.80 bits per heavy atom. The largest absolute Gasteiger partial charge is 0.406 e. The lowest BCUT2D eigenvalue weighted by atomic mass is 10.2. The summed E-state index contributed by atoms with van der Waals surface area (Å²) in [7, 11) is 0. The fraction of sp³-hybridized carbons (Fsp3) is 1.00. The summed E-state index contributed by atoms with van der Waals surface area (Å²) in [6.07, 6.45) is -3.54. The van der Waals surface area contributed by atoms with Crippen LogP contribution in [0.5, 0.6) is 0 Å². The van der Waals surface area contributed by atoms with Crippen molar-refractivity contribution in [2.45, 2.75) is 26.4 Å². The molecule has 0 saturated carbocycles. The first-order chi connectivity index (χ1) is 4.21. The molecule has 0 aliphatic heterocycles. The Hall–Kier alpha value is 0.730. The average Bonchev–Trinajstić information content (AvgIpc) is 1.57. The second-order valence-corrected chi connectivity index (χ2v) is 6.85. The third-order valence-electron chi connectivity index (χ3n) is 0.374. The lowest BCUT2D eigenvalue weighted by molar-refractivity contribution is -0.270. The summed E-state index contributed by atoms with van der Waals surface area (Å²) < 4.78 is 14.6. The minimum absolute atomic E-state index is 0.556. The maximum Gasteiger partial charge on any atom is 0.406 e. The third-order valence-corrected chi connectivity index (χ3v) is 0.960. The van der Waals surface area contributed by atoms with Crippen LogP contribution in [0.15, 0.2) is 0 Å². The Morgan fingerprint density at radius 1 is 1.30 bits per heavy atom. The highest BCUT2D eigenvalue weighted by Crippen LogP contribution is 2.58. The minimum atomic E-state index is -3.54. The number of halogens is 2. The van der Waals surface area contributed by atoms with Crippen molar-refractivity contribution in [3.8, 4) is 0 Å². The molecule has 0 fully saturated rings. The highest BCUT2D eigenvalue weighted by atomic mass is 35.9. The maximum absolute atomic E-state index is 10.4. The molecule has 0 aliphatic rings. The van der Waals surface area contributed by atoms with Gasteiger partial charge in [0.25, 0.3) is 0 Å². The Bertz CT molecular complexity index is 147. The molecule has 0 heterocycles. The Kier molecular flexibility index (Phi) is 3.67. The van der Waals surface area contributed by atoms with Crippen LogP contribution in [-0.4, -0.2) is 5.60 Å². The van der Waals surface area contributed by atoms with Gasteiger partial charge >= 0.3 is 6.07 Å². The van der Waals surface area contributed by atoms with Gasteiger partial charge in [-0.1, -0.05) is 0 Å². The summed E-state index contributed by atoms with van der Waals surface area (Å²) in [6, 6.07) is 0. The van der Waals surface area contributed by atoms with Crippen LogP contribution in [0, 0.1) is 0 Å². The van der Waals surface area contributed by atoms with Crippen LogP contribution >= 0.6 is 28.6 Å². The molecule has 0 rings (SSSR count). The lowest BCUT2D eigenvalue weighted by Crippen LogP contribution is -2.17. The van der Waals surface area contributed by atoms with Crippen LogP contribution in [0.4, 0.5) is 0 Å². The Balaban J connectivity index is 3.67. The number of hydrogen-bond donors (Lipinski definition) is 0. The molecule has 0 N–H and O–H groups in total. The van der Waals surface area contributed by atoms with Crippen molar-refractivity contribution in [2.24, 2.45) is 0 Å². The molecule has 6 heteroatoms. The minimum Gasteiger partial charge on any atom is -0.254 e. The molecule has 0 aliphatic carbocycles. The molecule has 3 nitrogen and oxygen atoms in total.